The molecule has 2 aromatic rings. The summed E-state index contributed by atoms with van der Waals surface area (Å²) in [4.78, 5) is 0. The molecule has 0 saturated carbocycles. The number of ether oxygens (including phenoxy) is 1. The van der Waals surface area contributed by atoms with Crippen molar-refractivity contribution >= 4 is 0 Å². The average molecular weight is 269 g/mol. The Hall–Kier alpha value is -1.80. The van der Waals surface area contributed by atoms with Crippen LogP contribution in [0.2, 0.25) is 0 Å². The van der Waals surface area contributed by atoms with Crippen molar-refractivity contribution < 1.29 is 4.74 Å². The molecule has 2 nitrogen and oxygen atoms in total. The van der Waals surface area contributed by atoms with Crippen molar-refractivity contribution in [3.63, 3.8) is 0 Å². The number of likely N-dealkylation sites (N-methyl/N-ethyl adjacent to an activating group) is 1. The smallest absolute Gasteiger partial charge is 0.122 e. The molecule has 2 rings (SSSR count). The highest BCUT2D eigenvalue weighted by atomic mass is 16.5. The zero-order valence-corrected chi connectivity index (χ0v) is 12.3. The molecule has 2 aromatic carbocycles. The summed E-state index contributed by atoms with van der Waals surface area (Å²) >= 11 is 0. The van der Waals surface area contributed by atoms with Gasteiger partial charge in [-0.3, -0.25) is 0 Å². The molecule has 0 heterocycles. The average Bonchev–Trinajstić information content (AvgIpc) is 2.52. The third kappa shape index (κ3) is 3.84. The molecular weight excluding hydrogens is 246 g/mol. The largest absolute Gasteiger partial charge is 0.496 e. The van der Waals surface area contributed by atoms with Gasteiger partial charge in [0.05, 0.1) is 7.11 Å². The summed E-state index contributed by atoms with van der Waals surface area (Å²) in [6, 6.07) is 19.0. The van der Waals surface area contributed by atoms with Crippen molar-refractivity contribution in [1.29, 1.82) is 0 Å². The van der Waals surface area contributed by atoms with E-state index in [1.807, 2.05) is 12.1 Å². The first-order valence-corrected chi connectivity index (χ1v) is 7.22. The van der Waals surface area contributed by atoms with Gasteiger partial charge in [0.25, 0.3) is 0 Å². The predicted molar refractivity (Wildman–Crippen MR) is 84.4 cm³/mol. The first-order chi connectivity index (χ1) is 9.85. The third-order valence-corrected chi connectivity index (χ3v) is 3.57. The first kappa shape index (κ1) is 14.6. The summed E-state index contributed by atoms with van der Waals surface area (Å²) < 4.78 is 5.47. The Kier molecular flexibility index (Phi) is 5.63. The zero-order chi connectivity index (χ0) is 14.2. The van der Waals surface area contributed by atoms with Gasteiger partial charge >= 0.3 is 0 Å². The number of hydrogen-bond acceptors (Lipinski definition) is 2. The van der Waals surface area contributed by atoms with Gasteiger partial charge in [0.1, 0.15) is 5.75 Å². The van der Waals surface area contributed by atoms with Gasteiger partial charge in [0.15, 0.2) is 0 Å². The lowest BCUT2D eigenvalue weighted by Crippen LogP contribution is -2.22. The monoisotopic (exact) mass is 269 g/mol. The van der Waals surface area contributed by atoms with E-state index in [9.17, 15) is 0 Å². The number of para-hydroxylation sites is 1. The Labute approximate surface area is 121 Å². The number of benzene rings is 2. The van der Waals surface area contributed by atoms with Crippen LogP contribution in [0.25, 0.3) is 0 Å². The van der Waals surface area contributed by atoms with Gasteiger partial charge in [-0.15, -0.1) is 0 Å². The topological polar surface area (TPSA) is 21.3 Å². The van der Waals surface area contributed by atoms with Gasteiger partial charge < -0.3 is 10.1 Å². The minimum Gasteiger partial charge on any atom is -0.496 e. The molecule has 0 radical (unpaired) electrons. The van der Waals surface area contributed by atoms with Crippen LogP contribution in [0.5, 0.6) is 5.75 Å². The van der Waals surface area contributed by atoms with Crippen LogP contribution in [0, 0.1) is 0 Å². The molecule has 0 aliphatic rings. The van der Waals surface area contributed by atoms with Crippen LogP contribution >= 0.6 is 0 Å². The minimum atomic E-state index is 0.465. The van der Waals surface area contributed by atoms with Crippen LogP contribution in [0.1, 0.15) is 24.0 Å². The zero-order valence-electron chi connectivity index (χ0n) is 12.3. The van der Waals surface area contributed by atoms with Gasteiger partial charge in [-0.05, 0) is 30.2 Å². The Morgan fingerprint density at radius 1 is 1.00 bits per heavy atom. The molecule has 1 atom stereocenters. The fourth-order valence-electron chi connectivity index (χ4n) is 2.49. The Balaban J connectivity index is 2.19. The van der Waals surface area contributed by atoms with Gasteiger partial charge in [-0.25, -0.2) is 0 Å². The normalized spacial score (nSPS) is 12.1. The first-order valence-electron chi connectivity index (χ1n) is 7.22. The highest BCUT2D eigenvalue weighted by Gasteiger charge is 2.14. The van der Waals surface area contributed by atoms with E-state index in [0.717, 1.165) is 25.3 Å². The molecule has 2 heteroatoms. The lowest BCUT2D eigenvalue weighted by Gasteiger charge is -2.19. The Morgan fingerprint density at radius 3 is 2.40 bits per heavy atom. The second-order valence-electron chi connectivity index (χ2n) is 4.93. The molecule has 0 fully saturated rings. The van der Waals surface area contributed by atoms with Gasteiger partial charge in [-0.2, -0.15) is 0 Å². The van der Waals surface area contributed by atoms with Crippen LogP contribution in [0.3, 0.4) is 0 Å². The van der Waals surface area contributed by atoms with Crippen LogP contribution in [-0.4, -0.2) is 20.2 Å². The fourth-order valence-corrected chi connectivity index (χ4v) is 2.49. The predicted octanol–water partition coefficient (Wildman–Crippen LogP) is 3.63. The summed E-state index contributed by atoms with van der Waals surface area (Å²) in [5, 5.41) is 3.46. The van der Waals surface area contributed by atoms with E-state index >= 15 is 0 Å². The van der Waals surface area contributed by atoms with E-state index in [0.29, 0.717) is 5.92 Å². The van der Waals surface area contributed by atoms with E-state index in [-0.39, 0.29) is 0 Å². The lowest BCUT2D eigenvalue weighted by molar-refractivity contribution is 0.407. The molecular formula is C18H23NO. The summed E-state index contributed by atoms with van der Waals surface area (Å²) in [6.45, 7) is 4.12. The maximum absolute atomic E-state index is 5.47. The van der Waals surface area contributed by atoms with E-state index in [2.05, 4.69) is 54.7 Å². The summed E-state index contributed by atoms with van der Waals surface area (Å²) in [7, 11) is 1.74. The SMILES string of the molecule is CCNCC(Cc1ccccc1OC)c1ccccc1. The Bertz CT molecular complexity index is 510. The molecule has 1 N–H and O–H groups in total. The molecule has 0 aromatic heterocycles. The van der Waals surface area contributed by atoms with Crippen molar-refractivity contribution in [3.8, 4) is 5.75 Å². The maximum Gasteiger partial charge on any atom is 0.122 e. The molecule has 1 unspecified atom stereocenters. The van der Waals surface area contributed by atoms with E-state index in [1.165, 1.54) is 11.1 Å². The quantitative estimate of drug-likeness (QED) is 0.828. The molecule has 0 saturated heterocycles. The molecule has 0 aliphatic heterocycles. The molecule has 20 heavy (non-hydrogen) atoms. The fraction of sp³-hybridized carbons (Fsp3) is 0.333. The van der Waals surface area contributed by atoms with E-state index < -0.39 is 0 Å². The number of methoxy groups -OCH3 is 1. The number of nitrogens with one attached hydrogen (secondary N) is 1. The van der Waals surface area contributed by atoms with Crippen LogP contribution in [0.15, 0.2) is 54.6 Å². The lowest BCUT2D eigenvalue weighted by atomic mass is 9.91. The summed E-state index contributed by atoms with van der Waals surface area (Å²) in [6.07, 6.45) is 0.987. The highest BCUT2D eigenvalue weighted by Crippen LogP contribution is 2.26. The summed E-state index contributed by atoms with van der Waals surface area (Å²) in [5.41, 5.74) is 2.64. The highest BCUT2D eigenvalue weighted by molar-refractivity contribution is 5.35. The van der Waals surface area contributed by atoms with Crippen LogP contribution in [-0.2, 0) is 6.42 Å². The van der Waals surface area contributed by atoms with Gasteiger partial charge in [0.2, 0.25) is 0 Å². The molecule has 0 bridgehead atoms. The van der Waals surface area contributed by atoms with Gasteiger partial charge in [0, 0.05) is 12.5 Å². The van der Waals surface area contributed by atoms with E-state index in [1.54, 1.807) is 7.11 Å². The second-order valence-corrected chi connectivity index (χ2v) is 4.93. The van der Waals surface area contributed by atoms with Crippen LogP contribution < -0.4 is 10.1 Å². The standard InChI is InChI=1S/C18H23NO/c1-3-19-14-17(15-9-5-4-6-10-15)13-16-11-7-8-12-18(16)20-2/h4-12,17,19H,3,13-14H2,1-2H3. The summed E-state index contributed by atoms with van der Waals surface area (Å²) in [5.74, 6) is 1.44. The van der Waals surface area contributed by atoms with Crippen LogP contribution in [0.4, 0.5) is 0 Å². The van der Waals surface area contributed by atoms with Crippen molar-refractivity contribution in [2.75, 3.05) is 20.2 Å². The molecule has 0 spiro atoms. The van der Waals surface area contributed by atoms with Crippen molar-refractivity contribution in [3.05, 3.63) is 65.7 Å². The van der Waals surface area contributed by atoms with Crippen molar-refractivity contribution in [2.24, 2.45) is 0 Å². The van der Waals surface area contributed by atoms with Crippen molar-refractivity contribution in [2.45, 2.75) is 19.3 Å². The third-order valence-electron chi connectivity index (χ3n) is 3.57. The minimum absolute atomic E-state index is 0.465. The molecule has 0 amide bonds. The second kappa shape index (κ2) is 7.71. The van der Waals surface area contributed by atoms with Gasteiger partial charge in [-0.1, -0.05) is 55.5 Å². The maximum atomic E-state index is 5.47. The van der Waals surface area contributed by atoms with Crippen molar-refractivity contribution in [1.82, 2.24) is 5.32 Å². The van der Waals surface area contributed by atoms with E-state index in [4.69, 9.17) is 4.74 Å². The number of rotatable bonds is 7. The molecule has 0 aliphatic carbocycles. The molecule has 106 valence electrons. The Morgan fingerprint density at radius 2 is 1.70 bits per heavy atom. The number of hydrogen-bond donors (Lipinski definition) is 1.